The summed E-state index contributed by atoms with van der Waals surface area (Å²) in [6.45, 7) is 4.74. The molecule has 8 heteroatoms. The van der Waals surface area contributed by atoms with Crippen molar-refractivity contribution >= 4 is 5.82 Å². The molecule has 8 nitrogen and oxygen atoms in total. The number of ether oxygens (including phenoxy) is 3. The Labute approximate surface area is 149 Å². The highest BCUT2D eigenvalue weighted by Gasteiger charge is 2.41. The average molecular weight is 354 g/mol. The lowest BCUT2D eigenvalue weighted by atomic mass is 10.1. The lowest BCUT2D eigenvalue weighted by Crippen LogP contribution is -2.07. The molecule has 0 saturated carbocycles. The summed E-state index contributed by atoms with van der Waals surface area (Å²) < 4.78 is 23.5. The third-order valence-electron chi connectivity index (χ3n) is 4.65. The Balaban J connectivity index is 1.24. The maximum Gasteiger partial charge on any atom is 0.231 e. The molecule has 0 aliphatic carbocycles. The highest BCUT2D eigenvalue weighted by atomic mass is 16.7. The molecule has 4 heterocycles. The van der Waals surface area contributed by atoms with Crippen molar-refractivity contribution in [2.45, 2.75) is 32.7 Å². The zero-order valence-corrected chi connectivity index (χ0v) is 14.4. The van der Waals surface area contributed by atoms with Gasteiger partial charge in [0.15, 0.2) is 17.7 Å². The van der Waals surface area contributed by atoms with Crippen molar-refractivity contribution in [1.82, 2.24) is 14.9 Å². The minimum atomic E-state index is -0.0993. The topological polar surface area (TPSA) is 86.9 Å². The Morgan fingerprint density at radius 1 is 1.19 bits per heavy atom. The molecule has 26 heavy (non-hydrogen) atoms. The molecule has 1 saturated heterocycles. The largest absolute Gasteiger partial charge is 0.454 e. The first kappa shape index (κ1) is 15.3. The normalized spacial score (nSPS) is 20.4. The minimum absolute atomic E-state index is 0.0165. The molecule has 2 atom stereocenters. The lowest BCUT2D eigenvalue weighted by Gasteiger charge is -2.02. The molecule has 0 bridgehead atoms. The van der Waals surface area contributed by atoms with E-state index >= 15 is 0 Å². The van der Waals surface area contributed by atoms with E-state index in [0.717, 1.165) is 39.9 Å². The van der Waals surface area contributed by atoms with Crippen molar-refractivity contribution in [2.75, 3.05) is 12.1 Å². The van der Waals surface area contributed by atoms with Gasteiger partial charge in [-0.25, -0.2) is 0 Å². The van der Waals surface area contributed by atoms with Crippen molar-refractivity contribution in [3.8, 4) is 11.5 Å². The second-order valence-electron chi connectivity index (χ2n) is 6.44. The van der Waals surface area contributed by atoms with Crippen molar-refractivity contribution in [3.63, 3.8) is 0 Å². The Morgan fingerprint density at radius 3 is 2.92 bits per heavy atom. The number of nitrogens with zero attached hydrogens (tertiary/aromatic N) is 3. The minimum Gasteiger partial charge on any atom is -0.454 e. The summed E-state index contributed by atoms with van der Waals surface area (Å²) in [5.41, 5.74) is 3.00. The van der Waals surface area contributed by atoms with E-state index in [1.54, 1.807) is 0 Å². The zero-order chi connectivity index (χ0) is 17.7. The van der Waals surface area contributed by atoms with Gasteiger partial charge in [0, 0.05) is 17.8 Å². The van der Waals surface area contributed by atoms with Crippen LogP contribution in [-0.4, -0.2) is 28.0 Å². The van der Waals surface area contributed by atoms with Gasteiger partial charge in [-0.05, 0) is 31.5 Å². The highest BCUT2D eigenvalue weighted by Crippen LogP contribution is 2.43. The third-order valence-corrected chi connectivity index (χ3v) is 4.65. The van der Waals surface area contributed by atoms with Crippen molar-refractivity contribution in [2.24, 2.45) is 0 Å². The standard InChI is InChI=1S/C18H18N4O4/c1-10-13(11(2)26-21-10)8-22-6-5-16(20-22)19-18-17(25-18)12-3-4-14-15(7-12)24-9-23-14/h3-7,17-18H,8-9H2,1-2H3,(H,19,20). The molecule has 0 spiro atoms. The van der Waals surface area contributed by atoms with Crippen LogP contribution in [0.25, 0.3) is 0 Å². The van der Waals surface area contributed by atoms with E-state index in [4.69, 9.17) is 18.7 Å². The fraction of sp³-hybridized carbons (Fsp3) is 0.333. The molecule has 134 valence electrons. The smallest absolute Gasteiger partial charge is 0.231 e. The van der Waals surface area contributed by atoms with Gasteiger partial charge in [0.05, 0.1) is 12.2 Å². The van der Waals surface area contributed by atoms with Gasteiger partial charge in [0.1, 0.15) is 17.7 Å². The van der Waals surface area contributed by atoms with Crippen LogP contribution in [0.15, 0.2) is 35.0 Å². The number of aromatic nitrogens is 3. The average Bonchev–Trinajstić information content (AvgIpc) is 2.97. The van der Waals surface area contributed by atoms with E-state index in [1.807, 2.05) is 49.0 Å². The fourth-order valence-corrected chi connectivity index (χ4v) is 3.13. The van der Waals surface area contributed by atoms with Gasteiger partial charge in [-0.2, -0.15) is 5.10 Å². The number of nitrogens with one attached hydrogen (secondary N) is 1. The predicted molar refractivity (Wildman–Crippen MR) is 91.1 cm³/mol. The van der Waals surface area contributed by atoms with Gasteiger partial charge in [0.25, 0.3) is 0 Å². The molecule has 1 N–H and O–H groups in total. The van der Waals surface area contributed by atoms with E-state index in [9.17, 15) is 0 Å². The van der Waals surface area contributed by atoms with Crippen molar-refractivity contribution < 1.29 is 18.7 Å². The Bertz CT molecular complexity index is 945. The maximum atomic E-state index is 5.74. The number of aryl methyl sites for hydroxylation is 2. The first-order valence-electron chi connectivity index (χ1n) is 8.44. The Morgan fingerprint density at radius 2 is 2.08 bits per heavy atom. The summed E-state index contributed by atoms with van der Waals surface area (Å²) in [4.78, 5) is 0. The summed E-state index contributed by atoms with van der Waals surface area (Å²) in [5, 5.41) is 11.8. The quantitative estimate of drug-likeness (QED) is 0.705. The fourth-order valence-electron chi connectivity index (χ4n) is 3.13. The second kappa shape index (κ2) is 5.77. The summed E-state index contributed by atoms with van der Waals surface area (Å²) in [6, 6.07) is 7.80. The second-order valence-corrected chi connectivity index (χ2v) is 6.44. The number of fused-ring (bicyclic) bond motifs is 1. The molecule has 0 amide bonds. The van der Waals surface area contributed by atoms with Gasteiger partial charge >= 0.3 is 0 Å². The van der Waals surface area contributed by atoms with Crippen LogP contribution < -0.4 is 14.8 Å². The molecule has 0 radical (unpaired) electrons. The molecule has 2 aromatic heterocycles. The Kier molecular flexibility index (Phi) is 3.39. The number of hydrogen-bond acceptors (Lipinski definition) is 7. The monoisotopic (exact) mass is 354 g/mol. The van der Waals surface area contributed by atoms with Crippen LogP contribution in [0.2, 0.25) is 0 Å². The van der Waals surface area contributed by atoms with E-state index in [1.165, 1.54) is 0 Å². The van der Waals surface area contributed by atoms with Gasteiger partial charge in [-0.3, -0.25) is 4.68 Å². The number of benzene rings is 1. The number of anilines is 1. The number of rotatable bonds is 5. The first-order valence-corrected chi connectivity index (χ1v) is 8.44. The van der Waals surface area contributed by atoms with Crippen LogP contribution in [0.5, 0.6) is 11.5 Å². The van der Waals surface area contributed by atoms with Crippen LogP contribution in [-0.2, 0) is 11.3 Å². The molecule has 1 aromatic carbocycles. The maximum absolute atomic E-state index is 5.74. The molecule has 2 aliphatic rings. The van der Waals surface area contributed by atoms with Crippen LogP contribution in [0, 0.1) is 13.8 Å². The SMILES string of the molecule is Cc1noc(C)c1Cn1ccc(NC2OC2c2ccc3c(c2)OCO3)n1. The number of epoxide rings is 1. The molecule has 1 fully saturated rings. The van der Waals surface area contributed by atoms with Gasteiger partial charge in [-0.1, -0.05) is 11.2 Å². The molecular formula is C18H18N4O4. The van der Waals surface area contributed by atoms with E-state index in [2.05, 4.69) is 15.6 Å². The predicted octanol–water partition coefficient (Wildman–Crippen LogP) is 2.77. The van der Waals surface area contributed by atoms with Crippen molar-refractivity contribution in [3.05, 3.63) is 53.0 Å². The molecule has 2 aliphatic heterocycles. The molecule has 3 aromatic rings. The summed E-state index contributed by atoms with van der Waals surface area (Å²) in [6.07, 6.45) is 1.81. The summed E-state index contributed by atoms with van der Waals surface area (Å²) in [7, 11) is 0. The highest BCUT2D eigenvalue weighted by molar-refractivity contribution is 5.47. The van der Waals surface area contributed by atoms with Crippen LogP contribution in [0.3, 0.4) is 0 Å². The summed E-state index contributed by atoms with van der Waals surface area (Å²) in [5.74, 6) is 3.13. The zero-order valence-electron chi connectivity index (χ0n) is 14.4. The van der Waals surface area contributed by atoms with Gasteiger partial charge < -0.3 is 24.1 Å². The third kappa shape index (κ3) is 2.68. The van der Waals surface area contributed by atoms with Gasteiger partial charge in [0.2, 0.25) is 6.79 Å². The molecular weight excluding hydrogens is 336 g/mol. The number of hydrogen-bond donors (Lipinski definition) is 1. The van der Waals surface area contributed by atoms with Crippen LogP contribution >= 0.6 is 0 Å². The Hall–Kier alpha value is -3.00. The van der Waals surface area contributed by atoms with Crippen molar-refractivity contribution in [1.29, 1.82) is 0 Å². The van der Waals surface area contributed by atoms with E-state index < -0.39 is 0 Å². The van der Waals surface area contributed by atoms with Crippen LogP contribution in [0.4, 0.5) is 5.82 Å². The van der Waals surface area contributed by atoms with E-state index in [-0.39, 0.29) is 19.1 Å². The van der Waals surface area contributed by atoms with Crippen LogP contribution in [0.1, 0.15) is 28.7 Å². The molecule has 5 rings (SSSR count). The summed E-state index contributed by atoms with van der Waals surface area (Å²) >= 11 is 0. The lowest BCUT2D eigenvalue weighted by molar-refractivity contribution is 0.174. The first-order chi connectivity index (χ1) is 12.7. The van der Waals surface area contributed by atoms with Gasteiger partial charge in [-0.15, -0.1) is 0 Å². The molecule has 2 unspecified atom stereocenters. The van der Waals surface area contributed by atoms with E-state index in [0.29, 0.717) is 6.54 Å².